The van der Waals surface area contributed by atoms with Crippen LogP contribution in [0.5, 0.6) is 0 Å². The molecule has 0 rings (SSSR count). The zero-order valence-corrected chi connectivity index (χ0v) is 60.1. The van der Waals surface area contributed by atoms with Crippen LogP contribution in [-0.2, 0) is 65.4 Å². The highest BCUT2D eigenvalue weighted by atomic mass is 31.2. The summed E-state index contributed by atoms with van der Waals surface area (Å²) in [6, 6.07) is 0. The number of aliphatic hydroxyl groups excluding tert-OH is 1. The fourth-order valence-electron chi connectivity index (χ4n) is 10.8. The van der Waals surface area contributed by atoms with Gasteiger partial charge in [0.1, 0.15) is 19.3 Å². The van der Waals surface area contributed by atoms with Gasteiger partial charge in [0.2, 0.25) is 0 Å². The zero-order valence-electron chi connectivity index (χ0n) is 58.3. The van der Waals surface area contributed by atoms with Crippen LogP contribution in [0.4, 0.5) is 0 Å². The molecule has 0 aromatic heterocycles. The van der Waals surface area contributed by atoms with Gasteiger partial charge in [0.05, 0.1) is 26.4 Å². The van der Waals surface area contributed by atoms with Crippen molar-refractivity contribution in [1.29, 1.82) is 0 Å². The molecular weight excluding hydrogens is 1190 g/mol. The summed E-state index contributed by atoms with van der Waals surface area (Å²) >= 11 is 0. The van der Waals surface area contributed by atoms with E-state index in [0.717, 1.165) is 95.8 Å². The van der Waals surface area contributed by atoms with E-state index in [1.807, 2.05) is 0 Å². The summed E-state index contributed by atoms with van der Waals surface area (Å²) < 4.78 is 68.3. The van der Waals surface area contributed by atoms with Crippen LogP contribution in [0.15, 0.2) is 0 Å². The fraction of sp³-hybridized carbons (Fsp3) is 0.944. The zero-order chi connectivity index (χ0) is 66.3. The Hall–Kier alpha value is -1.94. The Balaban J connectivity index is 5.22. The molecule has 0 aromatic carbocycles. The predicted octanol–water partition coefficient (Wildman–Crippen LogP) is 20.5. The number of esters is 4. The van der Waals surface area contributed by atoms with Crippen molar-refractivity contribution in [2.75, 3.05) is 39.6 Å². The van der Waals surface area contributed by atoms with Gasteiger partial charge in [0, 0.05) is 25.7 Å². The Labute approximate surface area is 549 Å². The summed E-state index contributed by atoms with van der Waals surface area (Å²) in [5.74, 6) is -1.39. The van der Waals surface area contributed by atoms with E-state index in [1.165, 1.54) is 193 Å². The van der Waals surface area contributed by atoms with Crippen molar-refractivity contribution in [1.82, 2.24) is 0 Å². The highest BCUT2D eigenvalue weighted by molar-refractivity contribution is 7.47. The van der Waals surface area contributed by atoms with E-state index in [-0.39, 0.29) is 25.7 Å². The van der Waals surface area contributed by atoms with Crippen LogP contribution in [0, 0.1) is 5.92 Å². The van der Waals surface area contributed by atoms with Gasteiger partial charge in [0.15, 0.2) is 12.2 Å². The number of phosphoric ester groups is 2. The van der Waals surface area contributed by atoms with Gasteiger partial charge in [-0.05, 0) is 31.6 Å². The second-order valence-electron chi connectivity index (χ2n) is 26.1. The van der Waals surface area contributed by atoms with Crippen LogP contribution in [0.2, 0.25) is 0 Å². The van der Waals surface area contributed by atoms with E-state index in [9.17, 15) is 43.2 Å². The average Bonchev–Trinajstić information content (AvgIpc) is 3.71. The molecule has 0 heterocycles. The molecular formula is C71H138O17P2. The van der Waals surface area contributed by atoms with Crippen LogP contribution >= 0.6 is 15.6 Å². The number of hydrogen-bond donors (Lipinski definition) is 3. The van der Waals surface area contributed by atoms with Crippen molar-refractivity contribution in [3.63, 3.8) is 0 Å². The van der Waals surface area contributed by atoms with Crippen LogP contribution in [0.3, 0.4) is 0 Å². The number of phosphoric acid groups is 2. The number of ether oxygens (including phenoxy) is 4. The third-order valence-corrected chi connectivity index (χ3v) is 18.4. The number of unbranched alkanes of at least 4 members (excludes halogenated alkanes) is 43. The molecule has 0 aliphatic carbocycles. The maximum atomic E-state index is 13.0. The maximum Gasteiger partial charge on any atom is 0.472 e. The molecule has 19 heteroatoms. The molecule has 17 nitrogen and oxygen atoms in total. The molecule has 2 unspecified atom stereocenters. The van der Waals surface area contributed by atoms with Crippen molar-refractivity contribution in [2.24, 2.45) is 5.92 Å². The first-order chi connectivity index (χ1) is 43.5. The lowest BCUT2D eigenvalue weighted by Gasteiger charge is -2.21. The molecule has 0 spiro atoms. The topological polar surface area (TPSA) is 237 Å². The molecule has 0 aromatic rings. The second kappa shape index (κ2) is 64.4. The smallest absolute Gasteiger partial charge is 0.462 e. The van der Waals surface area contributed by atoms with E-state index < -0.39 is 97.5 Å². The van der Waals surface area contributed by atoms with Gasteiger partial charge in [-0.15, -0.1) is 0 Å². The molecule has 0 aliphatic heterocycles. The quantitative estimate of drug-likeness (QED) is 0.0222. The van der Waals surface area contributed by atoms with Crippen LogP contribution < -0.4 is 0 Å². The minimum atomic E-state index is -4.95. The highest BCUT2D eigenvalue weighted by Crippen LogP contribution is 2.45. The van der Waals surface area contributed by atoms with Crippen molar-refractivity contribution < 1.29 is 80.2 Å². The molecule has 90 heavy (non-hydrogen) atoms. The number of rotatable bonds is 71. The lowest BCUT2D eigenvalue weighted by molar-refractivity contribution is -0.161. The van der Waals surface area contributed by atoms with Gasteiger partial charge >= 0.3 is 39.5 Å². The first-order valence-electron chi connectivity index (χ1n) is 37.1. The Kier molecular flexibility index (Phi) is 63.0. The monoisotopic (exact) mass is 1320 g/mol. The van der Waals surface area contributed by atoms with E-state index in [2.05, 4.69) is 34.6 Å². The number of aliphatic hydroxyl groups is 1. The summed E-state index contributed by atoms with van der Waals surface area (Å²) in [4.78, 5) is 72.5. The summed E-state index contributed by atoms with van der Waals surface area (Å²) in [5.41, 5.74) is 0. The Morgan fingerprint density at radius 3 is 0.756 bits per heavy atom. The Bertz CT molecular complexity index is 1740. The molecule has 534 valence electrons. The molecule has 0 fully saturated rings. The standard InChI is InChI=1S/C71H138O17P2/c1-6-9-12-15-18-21-24-25-26-27-28-29-32-35-42-47-52-57-71(76)88-67(61-82-69(74)55-50-45-40-37-36-38-43-48-53-64(4)5)63-86-90(79,80)84-59-65(72)58-83-89(77,78)85-62-66(87-70(75)56-51-46-41-34-31-23-20-17-14-11-8-3)60-81-68(73)54-49-44-39-33-30-22-19-16-13-10-7-2/h64-67,72H,6-63H2,1-5H3,(H,77,78)(H,79,80)/t65-,66+,67+/m0/s1. The highest BCUT2D eigenvalue weighted by Gasteiger charge is 2.30. The first-order valence-corrected chi connectivity index (χ1v) is 40.1. The third kappa shape index (κ3) is 64.8. The van der Waals surface area contributed by atoms with E-state index in [1.54, 1.807) is 0 Å². The van der Waals surface area contributed by atoms with E-state index >= 15 is 0 Å². The predicted molar refractivity (Wildman–Crippen MR) is 363 cm³/mol. The summed E-state index contributed by atoms with van der Waals surface area (Å²) in [6.07, 6.45) is 51.2. The van der Waals surface area contributed by atoms with Gasteiger partial charge in [-0.25, -0.2) is 9.13 Å². The van der Waals surface area contributed by atoms with Gasteiger partial charge in [0.25, 0.3) is 0 Å². The minimum Gasteiger partial charge on any atom is -0.462 e. The maximum absolute atomic E-state index is 13.0. The van der Waals surface area contributed by atoms with Crippen LogP contribution in [-0.4, -0.2) is 96.7 Å². The molecule has 0 bridgehead atoms. The van der Waals surface area contributed by atoms with Crippen molar-refractivity contribution in [2.45, 2.75) is 387 Å². The van der Waals surface area contributed by atoms with Gasteiger partial charge in [-0.3, -0.25) is 37.3 Å². The largest absolute Gasteiger partial charge is 0.472 e. The van der Waals surface area contributed by atoms with E-state index in [0.29, 0.717) is 25.7 Å². The van der Waals surface area contributed by atoms with Crippen LogP contribution in [0.1, 0.15) is 369 Å². The normalized spacial score (nSPS) is 14.1. The second-order valence-corrected chi connectivity index (χ2v) is 29.0. The number of hydrogen-bond acceptors (Lipinski definition) is 15. The summed E-state index contributed by atoms with van der Waals surface area (Å²) in [7, 11) is -9.90. The molecule has 0 amide bonds. The van der Waals surface area contributed by atoms with Crippen molar-refractivity contribution >= 4 is 39.5 Å². The summed E-state index contributed by atoms with van der Waals surface area (Å²) in [6.45, 7) is 7.22. The molecule has 0 aliphatic rings. The SMILES string of the molecule is CCCCCCCCCCCCCCCCCCCC(=O)O[C@H](COC(=O)CCCCCCCCCCC(C)C)COP(=O)(O)OC[C@@H](O)COP(=O)(O)OC[C@@H](COC(=O)CCCCCCCCCCCCC)OC(=O)CCCCCCCCCCCCC. The molecule has 0 radical (unpaired) electrons. The first kappa shape index (κ1) is 88.1. The number of carbonyl (C=O) groups is 4. The number of carbonyl (C=O) groups excluding carboxylic acids is 4. The summed E-state index contributed by atoms with van der Waals surface area (Å²) in [5, 5.41) is 10.6. The van der Waals surface area contributed by atoms with Crippen molar-refractivity contribution in [3.8, 4) is 0 Å². The molecule has 5 atom stereocenters. The fourth-order valence-corrected chi connectivity index (χ4v) is 12.4. The average molecular weight is 1330 g/mol. The third-order valence-electron chi connectivity index (χ3n) is 16.5. The Morgan fingerprint density at radius 1 is 0.300 bits per heavy atom. The molecule has 0 saturated heterocycles. The van der Waals surface area contributed by atoms with Crippen LogP contribution in [0.25, 0.3) is 0 Å². The molecule has 3 N–H and O–H groups in total. The van der Waals surface area contributed by atoms with Gasteiger partial charge in [-0.1, -0.05) is 317 Å². The van der Waals surface area contributed by atoms with Gasteiger partial charge < -0.3 is 33.8 Å². The van der Waals surface area contributed by atoms with Gasteiger partial charge in [-0.2, -0.15) is 0 Å². The Morgan fingerprint density at radius 2 is 0.511 bits per heavy atom. The minimum absolute atomic E-state index is 0.107. The lowest BCUT2D eigenvalue weighted by Crippen LogP contribution is -2.30. The van der Waals surface area contributed by atoms with Crippen molar-refractivity contribution in [3.05, 3.63) is 0 Å². The lowest BCUT2D eigenvalue weighted by atomic mass is 10.0. The molecule has 0 saturated carbocycles. The van der Waals surface area contributed by atoms with E-state index in [4.69, 9.17) is 37.0 Å².